The van der Waals surface area contributed by atoms with Crippen molar-refractivity contribution in [3.63, 3.8) is 0 Å². The van der Waals surface area contributed by atoms with Crippen molar-refractivity contribution in [3.05, 3.63) is 65.7 Å². The van der Waals surface area contributed by atoms with Gasteiger partial charge in [0.15, 0.2) is 12.4 Å². The maximum Gasteiger partial charge on any atom is 0.306 e. The van der Waals surface area contributed by atoms with Crippen molar-refractivity contribution in [2.75, 3.05) is 11.9 Å². The van der Waals surface area contributed by atoms with E-state index >= 15 is 0 Å². The highest BCUT2D eigenvalue weighted by atomic mass is 16.5. The number of esters is 1. The molecule has 6 nitrogen and oxygen atoms in total. The quantitative estimate of drug-likeness (QED) is 0.582. The Morgan fingerprint density at radius 1 is 0.885 bits per heavy atom. The Bertz CT molecular complexity index is 814. The van der Waals surface area contributed by atoms with Crippen LogP contribution in [-0.2, 0) is 19.1 Å². The first-order valence-electron chi connectivity index (χ1n) is 8.11. The Morgan fingerprint density at radius 2 is 1.54 bits per heavy atom. The molecule has 0 atom stereocenters. The summed E-state index contributed by atoms with van der Waals surface area (Å²) in [7, 11) is 0. The Morgan fingerprint density at radius 3 is 2.23 bits per heavy atom. The summed E-state index contributed by atoms with van der Waals surface area (Å²) in [5, 5.41) is 2.58. The summed E-state index contributed by atoms with van der Waals surface area (Å²) in [6.45, 7) is 0.894. The molecule has 0 saturated carbocycles. The first kappa shape index (κ1) is 19.1. The third-order valence-electron chi connectivity index (χ3n) is 3.53. The minimum atomic E-state index is -0.621. The molecule has 0 heterocycles. The van der Waals surface area contributed by atoms with Crippen LogP contribution in [-0.4, -0.2) is 30.0 Å². The van der Waals surface area contributed by atoms with Crippen LogP contribution in [0.4, 0.5) is 5.69 Å². The number of carbonyl (C=O) groups is 4. The normalized spacial score (nSPS) is 10.0. The van der Waals surface area contributed by atoms with Crippen molar-refractivity contribution in [2.45, 2.75) is 19.8 Å². The van der Waals surface area contributed by atoms with E-state index in [-0.39, 0.29) is 24.4 Å². The van der Waals surface area contributed by atoms with Crippen molar-refractivity contribution < 1.29 is 23.9 Å². The fourth-order valence-corrected chi connectivity index (χ4v) is 2.22. The lowest BCUT2D eigenvalue weighted by Crippen LogP contribution is -2.22. The van der Waals surface area contributed by atoms with Gasteiger partial charge in [0, 0.05) is 17.5 Å². The van der Waals surface area contributed by atoms with Gasteiger partial charge in [0.05, 0.1) is 12.1 Å². The Hall–Kier alpha value is -3.28. The third-order valence-corrected chi connectivity index (χ3v) is 3.53. The number of benzene rings is 2. The number of anilines is 1. The number of para-hydroxylation sites is 1. The van der Waals surface area contributed by atoms with Crippen molar-refractivity contribution in [1.82, 2.24) is 0 Å². The molecule has 2 aromatic carbocycles. The second-order valence-electron chi connectivity index (χ2n) is 5.65. The number of hydrogen-bond acceptors (Lipinski definition) is 5. The van der Waals surface area contributed by atoms with Crippen LogP contribution in [0.3, 0.4) is 0 Å². The van der Waals surface area contributed by atoms with Crippen molar-refractivity contribution in [1.29, 1.82) is 0 Å². The SMILES string of the molecule is CC(=O)CCC(=O)OCC(=O)Nc1ccccc1C(=O)c1ccccc1. The van der Waals surface area contributed by atoms with Crippen LogP contribution in [0.5, 0.6) is 0 Å². The molecule has 2 aromatic rings. The number of rotatable bonds is 8. The summed E-state index contributed by atoms with van der Waals surface area (Å²) in [6, 6.07) is 15.3. The molecule has 0 radical (unpaired) electrons. The van der Waals surface area contributed by atoms with Gasteiger partial charge in [-0.3, -0.25) is 14.4 Å². The van der Waals surface area contributed by atoms with E-state index < -0.39 is 18.5 Å². The zero-order chi connectivity index (χ0) is 18.9. The fraction of sp³-hybridized carbons (Fsp3) is 0.200. The highest BCUT2D eigenvalue weighted by molar-refractivity contribution is 6.13. The van der Waals surface area contributed by atoms with E-state index in [0.717, 1.165) is 0 Å². The maximum atomic E-state index is 12.6. The monoisotopic (exact) mass is 353 g/mol. The van der Waals surface area contributed by atoms with Gasteiger partial charge in [-0.2, -0.15) is 0 Å². The smallest absolute Gasteiger partial charge is 0.306 e. The van der Waals surface area contributed by atoms with Crippen molar-refractivity contribution in [2.24, 2.45) is 0 Å². The minimum Gasteiger partial charge on any atom is -0.456 e. The number of hydrogen-bond donors (Lipinski definition) is 1. The summed E-state index contributed by atoms with van der Waals surface area (Å²) in [6.07, 6.45) is 0.0144. The molecule has 6 heteroatoms. The number of Topliss-reactive ketones (excluding diaryl/α,β-unsaturated/α-hetero) is 1. The van der Waals surface area contributed by atoms with Gasteiger partial charge in [0.1, 0.15) is 5.78 Å². The van der Waals surface area contributed by atoms with E-state index in [1.165, 1.54) is 6.92 Å². The van der Waals surface area contributed by atoms with E-state index in [2.05, 4.69) is 5.32 Å². The highest BCUT2D eigenvalue weighted by Crippen LogP contribution is 2.19. The first-order valence-corrected chi connectivity index (χ1v) is 8.11. The molecule has 0 aliphatic heterocycles. The average Bonchev–Trinajstić information content (AvgIpc) is 2.65. The minimum absolute atomic E-state index is 0.0638. The molecule has 0 spiro atoms. The van der Waals surface area contributed by atoms with Gasteiger partial charge in [-0.1, -0.05) is 42.5 Å². The number of amides is 1. The van der Waals surface area contributed by atoms with Crippen LogP contribution >= 0.6 is 0 Å². The van der Waals surface area contributed by atoms with Gasteiger partial charge in [-0.05, 0) is 19.1 Å². The van der Waals surface area contributed by atoms with Crippen LogP contribution in [0.15, 0.2) is 54.6 Å². The molecular weight excluding hydrogens is 334 g/mol. The number of carbonyl (C=O) groups excluding carboxylic acids is 4. The summed E-state index contributed by atoms with van der Waals surface area (Å²) in [4.78, 5) is 46.9. The Kier molecular flexibility index (Phi) is 6.79. The standard InChI is InChI=1S/C20H19NO5/c1-14(22)11-12-19(24)26-13-18(23)21-17-10-6-5-9-16(17)20(25)15-7-3-2-4-8-15/h2-10H,11-13H2,1H3,(H,21,23). The summed E-state index contributed by atoms with van der Waals surface area (Å²) in [5.41, 5.74) is 1.19. The molecule has 0 aromatic heterocycles. The van der Waals surface area contributed by atoms with Crippen LogP contribution < -0.4 is 5.32 Å². The molecule has 0 bridgehead atoms. The molecule has 0 fully saturated rings. The average molecular weight is 353 g/mol. The lowest BCUT2D eigenvalue weighted by molar-refractivity contribution is -0.148. The van der Waals surface area contributed by atoms with E-state index in [0.29, 0.717) is 16.8 Å². The number of nitrogens with one attached hydrogen (secondary N) is 1. The fourth-order valence-electron chi connectivity index (χ4n) is 2.22. The Balaban J connectivity index is 1.99. The van der Waals surface area contributed by atoms with Gasteiger partial charge in [-0.25, -0.2) is 0 Å². The predicted octanol–water partition coefficient (Wildman–Crippen LogP) is 2.77. The van der Waals surface area contributed by atoms with Crippen LogP contribution in [0.1, 0.15) is 35.7 Å². The largest absolute Gasteiger partial charge is 0.456 e. The first-order chi connectivity index (χ1) is 12.5. The van der Waals surface area contributed by atoms with E-state index in [4.69, 9.17) is 4.74 Å². The van der Waals surface area contributed by atoms with Crippen LogP contribution in [0.2, 0.25) is 0 Å². The maximum absolute atomic E-state index is 12.6. The van der Waals surface area contributed by atoms with Gasteiger partial charge < -0.3 is 14.8 Å². The molecule has 0 aliphatic carbocycles. The third kappa shape index (κ3) is 5.66. The molecule has 0 aliphatic rings. The van der Waals surface area contributed by atoms with Crippen LogP contribution in [0.25, 0.3) is 0 Å². The molecule has 26 heavy (non-hydrogen) atoms. The molecular formula is C20H19NO5. The predicted molar refractivity (Wildman–Crippen MR) is 95.8 cm³/mol. The molecule has 1 amide bonds. The van der Waals surface area contributed by atoms with Crippen LogP contribution in [0, 0.1) is 0 Å². The van der Waals surface area contributed by atoms with E-state index in [1.54, 1.807) is 48.5 Å². The number of ketones is 2. The second-order valence-corrected chi connectivity index (χ2v) is 5.65. The van der Waals surface area contributed by atoms with Gasteiger partial charge >= 0.3 is 5.97 Å². The molecule has 0 unspecified atom stereocenters. The summed E-state index contributed by atoms with van der Waals surface area (Å²) < 4.78 is 4.82. The molecule has 0 saturated heterocycles. The lowest BCUT2D eigenvalue weighted by atomic mass is 10.0. The molecule has 2 rings (SSSR count). The zero-order valence-corrected chi connectivity index (χ0v) is 14.4. The van der Waals surface area contributed by atoms with Crippen molar-refractivity contribution >= 4 is 29.1 Å². The second kappa shape index (κ2) is 9.27. The lowest BCUT2D eigenvalue weighted by Gasteiger charge is -2.11. The summed E-state index contributed by atoms with van der Waals surface area (Å²) in [5.74, 6) is -1.53. The molecule has 1 N–H and O–H groups in total. The van der Waals surface area contributed by atoms with Gasteiger partial charge in [0.2, 0.25) is 0 Å². The Labute approximate surface area is 151 Å². The summed E-state index contributed by atoms with van der Waals surface area (Å²) >= 11 is 0. The van der Waals surface area contributed by atoms with E-state index in [1.807, 2.05) is 6.07 Å². The number of ether oxygens (including phenoxy) is 1. The highest BCUT2D eigenvalue weighted by Gasteiger charge is 2.15. The van der Waals surface area contributed by atoms with Gasteiger partial charge in [-0.15, -0.1) is 0 Å². The van der Waals surface area contributed by atoms with E-state index in [9.17, 15) is 19.2 Å². The van der Waals surface area contributed by atoms with Gasteiger partial charge in [0.25, 0.3) is 5.91 Å². The molecule has 134 valence electrons. The van der Waals surface area contributed by atoms with Crippen molar-refractivity contribution in [3.8, 4) is 0 Å². The zero-order valence-electron chi connectivity index (χ0n) is 14.4. The topological polar surface area (TPSA) is 89.5 Å².